The minimum absolute atomic E-state index is 0.0329. The Labute approximate surface area is 180 Å². The maximum Gasteiger partial charge on any atom is 0.332 e. The Morgan fingerprint density at radius 1 is 1.03 bits per heavy atom. The van der Waals surface area contributed by atoms with Gasteiger partial charge in [0.2, 0.25) is 0 Å². The van der Waals surface area contributed by atoms with Gasteiger partial charge in [-0.3, -0.25) is 28.4 Å². The van der Waals surface area contributed by atoms with E-state index in [1.807, 2.05) is 36.1 Å². The van der Waals surface area contributed by atoms with Gasteiger partial charge in [0.15, 0.2) is 11.6 Å². The summed E-state index contributed by atoms with van der Waals surface area (Å²) in [6.45, 7) is 6.58. The molecule has 0 saturated carbocycles. The fraction of sp³-hybridized carbons (Fsp3) is 0.455. The first-order chi connectivity index (χ1) is 14.7. The molecular formula is C22H29N5O4. The van der Waals surface area contributed by atoms with Crippen molar-refractivity contribution in [1.82, 2.24) is 14.0 Å². The van der Waals surface area contributed by atoms with Crippen LogP contribution in [-0.4, -0.2) is 58.3 Å². The average molecular weight is 428 g/mol. The number of Topliss-reactive ketones (excluding diaryl/α,β-unsaturated/α-hetero) is 2. The van der Waals surface area contributed by atoms with E-state index >= 15 is 0 Å². The molecule has 31 heavy (non-hydrogen) atoms. The van der Waals surface area contributed by atoms with Gasteiger partial charge in [-0.1, -0.05) is 6.92 Å². The summed E-state index contributed by atoms with van der Waals surface area (Å²) < 4.78 is 2.24. The van der Waals surface area contributed by atoms with Crippen LogP contribution in [0, 0.1) is 0 Å². The molecular weight excluding hydrogens is 398 g/mol. The molecule has 2 aromatic rings. The molecule has 0 amide bonds. The van der Waals surface area contributed by atoms with E-state index in [0.29, 0.717) is 31.6 Å². The van der Waals surface area contributed by atoms with Crippen LogP contribution in [0.2, 0.25) is 0 Å². The molecule has 1 aromatic carbocycles. The first-order valence-electron chi connectivity index (χ1n) is 10.4. The molecule has 1 aliphatic heterocycles. The first-order valence-corrected chi connectivity index (χ1v) is 10.4. The van der Waals surface area contributed by atoms with Crippen molar-refractivity contribution in [3.63, 3.8) is 0 Å². The topological polar surface area (TPSA) is 111 Å². The number of piperazine rings is 1. The molecule has 0 atom stereocenters. The Kier molecular flexibility index (Phi) is 6.74. The Bertz CT molecular complexity index is 1090. The van der Waals surface area contributed by atoms with Crippen molar-refractivity contribution < 1.29 is 9.59 Å². The molecule has 0 unspecified atom stereocenters. The van der Waals surface area contributed by atoms with Crippen molar-refractivity contribution in [2.24, 2.45) is 7.05 Å². The standard InChI is InChI=1S/C22H29N5O4/c1-4-9-27-20(23)19(21(30)24(3)22(27)31)18(29)14-25-10-12-26(13-11-25)17-7-5-16(6-8-17)15(2)28/h5-8H,4,9-14,23H2,1-3H3. The second-order valence-electron chi connectivity index (χ2n) is 7.85. The molecule has 1 saturated heterocycles. The predicted octanol–water partition coefficient (Wildman–Crippen LogP) is 0.747. The smallest absolute Gasteiger partial charge is 0.332 e. The van der Waals surface area contributed by atoms with Crippen molar-refractivity contribution in [3.05, 3.63) is 56.2 Å². The zero-order valence-electron chi connectivity index (χ0n) is 18.3. The lowest BCUT2D eigenvalue weighted by molar-refractivity contribution is 0.0923. The lowest BCUT2D eigenvalue weighted by atomic mass is 10.1. The fourth-order valence-electron chi connectivity index (χ4n) is 3.84. The van der Waals surface area contributed by atoms with E-state index in [1.54, 1.807) is 6.92 Å². The molecule has 1 fully saturated rings. The number of aromatic nitrogens is 2. The van der Waals surface area contributed by atoms with Gasteiger partial charge in [0.1, 0.15) is 11.4 Å². The normalized spacial score (nSPS) is 14.6. The van der Waals surface area contributed by atoms with Crippen LogP contribution in [0.4, 0.5) is 11.5 Å². The van der Waals surface area contributed by atoms with Crippen molar-refractivity contribution in [2.75, 3.05) is 43.4 Å². The third-order valence-electron chi connectivity index (χ3n) is 5.69. The Morgan fingerprint density at radius 2 is 1.65 bits per heavy atom. The second-order valence-corrected chi connectivity index (χ2v) is 7.85. The summed E-state index contributed by atoms with van der Waals surface area (Å²) in [5.41, 5.74) is 6.49. The number of carbonyl (C=O) groups is 2. The van der Waals surface area contributed by atoms with Gasteiger partial charge < -0.3 is 10.6 Å². The molecule has 0 radical (unpaired) electrons. The first kappa shape index (κ1) is 22.5. The van der Waals surface area contributed by atoms with E-state index in [1.165, 1.54) is 11.6 Å². The number of nitrogen functional groups attached to an aromatic ring is 1. The molecule has 9 heteroatoms. The number of benzene rings is 1. The highest BCUT2D eigenvalue weighted by Gasteiger charge is 2.25. The zero-order chi connectivity index (χ0) is 22.7. The number of hydrogen-bond donors (Lipinski definition) is 1. The number of nitrogens with two attached hydrogens (primary N) is 1. The van der Waals surface area contributed by atoms with Gasteiger partial charge in [-0.15, -0.1) is 0 Å². The van der Waals surface area contributed by atoms with Gasteiger partial charge >= 0.3 is 5.69 Å². The number of anilines is 2. The van der Waals surface area contributed by atoms with Crippen molar-refractivity contribution >= 4 is 23.1 Å². The third-order valence-corrected chi connectivity index (χ3v) is 5.69. The van der Waals surface area contributed by atoms with Gasteiger partial charge in [0.25, 0.3) is 5.56 Å². The fourth-order valence-corrected chi connectivity index (χ4v) is 3.84. The van der Waals surface area contributed by atoms with Crippen molar-refractivity contribution in [1.29, 1.82) is 0 Å². The van der Waals surface area contributed by atoms with Gasteiger partial charge in [-0.25, -0.2) is 4.79 Å². The molecule has 1 aliphatic rings. The number of ketones is 2. The number of hydrogen-bond acceptors (Lipinski definition) is 7. The van der Waals surface area contributed by atoms with Gasteiger partial charge in [0.05, 0.1) is 6.54 Å². The summed E-state index contributed by atoms with van der Waals surface area (Å²) in [5.74, 6) is -0.392. The number of nitrogens with zero attached hydrogens (tertiary/aromatic N) is 4. The minimum Gasteiger partial charge on any atom is -0.384 e. The lowest BCUT2D eigenvalue weighted by Gasteiger charge is -2.35. The van der Waals surface area contributed by atoms with E-state index in [0.717, 1.165) is 23.3 Å². The summed E-state index contributed by atoms with van der Waals surface area (Å²) in [7, 11) is 1.36. The van der Waals surface area contributed by atoms with Crippen LogP contribution in [-0.2, 0) is 13.6 Å². The number of rotatable bonds is 7. The predicted molar refractivity (Wildman–Crippen MR) is 120 cm³/mol. The van der Waals surface area contributed by atoms with Crippen LogP contribution in [0.25, 0.3) is 0 Å². The molecule has 1 aromatic heterocycles. The SMILES string of the molecule is CCCn1c(N)c(C(=O)CN2CCN(c3ccc(C(C)=O)cc3)CC2)c(=O)n(C)c1=O. The van der Waals surface area contributed by atoms with Crippen LogP contribution >= 0.6 is 0 Å². The highest BCUT2D eigenvalue weighted by atomic mass is 16.2. The molecule has 0 bridgehead atoms. The largest absolute Gasteiger partial charge is 0.384 e. The van der Waals surface area contributed by atoms with E-state index < -0.39 is 11.2 Å². The van der Waals surface area contributed by atoms with Crippen LogP contribution in [0.1, 0.15) is 41.0 Å². The Balaban J connectivity index is 1.70. The molecule has 3 rings (SSSR count). The summed E-state index contributed by atoms with van der Waals surface area (Å²) in [4.78, 5) is 53.4. The Morgan fingerprint density at radius 3 is 2.19 bits per heavy atom. The van der Waals surface area contributed by atoms with E-state index in [2.05, 4.69) is 4.90 Å². The highest BCUT2D eigenvalue weighted by Crippen LogP contribution is 2.18. The highest BCUT2D eigenvalue weighted by molar-refractivity contribution is 6.01. The summed E-state index contributed by atoms with van der Waals surface area (Å²) in [6, 6.07) is 7.49. The Hall–Kier alpha value is -3.20. The summed E-state index contributed by atoms with van der Waals surface area (Å²) in [6.07, 6.45) is 0.658. The third kappa shape index (κ3) is 4.61. The molecule has 2 N–H and O–H groups in total. The van der Waals surface area contributed by atoms with E-state index in [4.69, 9.17) is 5.73 Å². The quantitative estimate of drug-likeness (QED) is 0.649. The van der Waals surface area contributed by atoms with E-state index in [-0.39, 0.29) is 29.5 Å². The van der Waals surface area contributed by atoms with Gasteiger partial charge in [-0.05, 0) is 37.6 Å². The van der Waals surface area contributed by atoms with Crippen LogP contribution in [0.3, 0.4) is 0 Å². The van der Waals surface area contributed by atoms with E-state index in [9.17, 15) is 19.2 Å². The summed E-state index contributed by atoms with van der Waals surface area (Å²) in [5, 5.41) is 0. The lowest BCUT2D eigenvalue weighted by Crippen LogP contribution is -2.49. The molecule has 166 valence electrons. The zero-order valence-corrected chi connectivity index (χ0v) is 18.3. The van der Waals surface area contributed by atoms with Gasteiger partial charge in [0, 0.05) is 51.0 Å². The van der Waals surface area contributed by atoms with Gasteiger partial charge in [-0.2, -0.15) is 0 Å². The molecule has 0 spiro atoms. The average Bonchev–Trinajstić information content (AvgIpc) is 2.76. The summed E-state index contributed by atoms with van der Waals surface area (Å²) >= 11 is 0. The maximum atomic E-state index is 12.9. The number of carbonyl (C=O) groups excluding carboxylic acids is 2. The van der Waals surface area contributed by atoms with Crippen LogP contribution < -0.4 is 21.9 Å². The minimum atomic E-state index is -0.649. The molecule has 0 aliphatic carbocycles. The van der Waals surface area contributed by atoms with Crippen molar-refractivity contribution in [2.45, 2.75) is 26.8 Å². The van der Waals surface area contributed by atoms with Crippen molar-refractivity contribution in [3.8, 4) is 0 Å². The molecule has 2 heterocycles. The maximum absolute atomic E-state index is 12.9. The molecule has 9 nitrogen and oxygen atoms in total. The monoisotopic (exact) mass is 427 g/mol. The van der Waals surface area contributed by atoms with Crippen LogP contribution in [0.15, 0.2) is 33.9 Å². The van der Waals surface area contributed by atoms with Crippen LogP contribution in [0.5, 0.6) is 0 Å². The second kappa shape index (κ2) is 9.30.